The first kappa shape index (κ1) is 14.3. The summed E-state index contributed by atoms with van der Waals surface area (Å²) in [4.78, 5) is 13.7. The van der Waals surface area contributed by atoms with Crippen molar-refractivity contribution in [3.8, 4) is 0 Å². The minimum atomic E-state index is 0.00987. The molecule has 1 saturated heterocycles. The Hall–Kier alpha value is -1.14. The van der Waals surface area contributed by atoms with Gasteiger partial charge in [-0.1, -0.05) is 18.3 Å². The largest absolute Gasteiger partial charge is 0.389 e. The molecule has 19 heavy (non-hydrogen) atoms. The first-order valence-corrected chi connectivity index (χ1v) is 7.29. The van der Waals surface area contributed by atoms with Gasteiger partial charge >= 0.3 is 0 Å². The number of hydrogen-bond acceptors (Lipinski definition) is 3. The van der Waals surface area contributed by atoms with Crippen LogP contribution in [-0.2, 0) is 4.79 Å². The van der Waals surface area contributed by atoms with Gasteiger partial charge in [-0.3, -0.25) is 4.79 Å². The molecular formula is C13H16BrN3OS. The zero-order chi connectivity index (χ0) is 14.0. The Kier molecular flexibility index (Phi) is 4.42. The molecule has 1 unspecified atom stereocenters. The second-order valence-corrected chi connectivity index (χ2v) is 5.92. The van der Waals surface area contributed by atoms with Crippen molar-refractivity contribution in [2.75, 3.05) is 18.0 Å². The van der Waals surface area contributed by atoms with E-state index in [0.29, 0.717) is 4.99 Å². The summed E-state index contributed by atoms with van der Waals surface area (Å²) in [5, 5.41) is 2.95. The molecule has 1 atom stereocenters. The van der Waals surface area contributed by atoms with Gasteiger partial charge in [0.05, 0.1) is 0 Å². The zero-order valence-corrected chi connectivity index (χ0v) is 13.1. The third-order valence-corrected chi connectivity index (χ3v) is 4.04. The predicted octanol–water partition coefficient (Wildman–Crippen LogP) is 1.80. The molecule has 0 saturated carbocycles. The van der Waals surface area contributed by atoms with Crippen molar-refractivity contribution < 1.29 is 4.79 Å². The topological polar surface area (TPSA) is 58.4 Å². The van der Waals surface area contributed by atoms with Crippen LogP contribution in [0.25, 0.3) is 0 Å². The summed E-state index contributed by atoms with van der Waals surface area (Å²) >= 11 is 8.61. The number of anilines is 1. The highest BCUT2D eigenvalue weighted by atomic mass is 79.9. The summed E-state index contributed by atoms with van der Waals surface area (Å²) in [5.74, 6) is 0.00987. The third kappa shape index (κ3) is 3.25. The maximum absolute atomic E-state index is 11.1. The highest BCUT2D eigenvalue weighted by molar-refractivity contribution is 9.10. The zero-order valence-electron chi connectivity index (χ0n) is 10.6. The van der Waals surface area contributed by atoms with Crippen molar-refractivity contribution in [3.63, 3.8) is 0 Å². The van der Waals surface area contributed by atoms with Gasteiger partial charge in [0.1, 0.15) is 4.99 Å². The first-order valence-electron chi connectivity index (χ1n) is 6.09. The van der Waals surface area contributed by atoms with Crippen LogP contribution in [0.3, 0.4) is 0 Å². The van der Waals surface area contributed by atoms with Crippen molar-refractivity contribution in [3.05, 3.63) is 28.2 Å². The number of benzene rings is 1. The number of carbonyl (C=O) groups is 1. The Morgan fingerprint density at radius 2 is 2.32 bits per heavy atom. The molecular weight excluding hydrogens is 326 g/mol. The van der Waals surface area contributed by atoms with Gasteiger partial charge in [0.2, 0.25) is 5.91 Å². The van der Waals surface area contributed by atoms with Gasteiger partial charge < -0.3 is 16.0 Å². The number of nitrogens with zero attached hydrogens (tertiary/aromatic N) is 1. The van der Waals surface area contributed by atoms with E-state index in [1.54, 1.807) is 6.92 Å². The summed E-state index contributed by atoms with van der Waals surface area (Å²) < 4.78 is 0.903. The molecule has 1 fully saturated rings. The Morgan fingerprint density at radius 1 is 1.58 bits per heavy atom. The van der Waals surface area contributed by atoms with Crippen LogP contribution in [0.4, 0.5) is 5.69 Å². The monoisotopic (exact) mass is 341 g/mol. The molecule has 1 heterocycles. The van der Waals surface area contributed by atoms with Crippen LogP contribution in [0, 0.1) is 0 Å². The van der Waals surface area contributed by atoms with E-state index in [0.717, 1.165) is 35.2 Å². The number of nitrogens with one attached hydrogen (secondary N) is 1. The molecule has 0 radical (unpaired) electrons. The highest BCUT2D eigenvalue weighted by Crippen LogP contribution is 2.30. The Bertz CT molecular complexity index is 521. The molecule has 0 bridgehead atoms. The van der Waals surface area contributed by atoms with Crippen LogP contribution in [-0.4, -0.2) is 30.0 Å². The molecule has 0 aliphatic carbocycles. The Balaban J connectivity index is 2.22. The Labute approximate surface area is 126 Å². The lowest BCUT2D eigenvalue weighted by molar-refractivity contribution is -0.119. The fraction of sp³-hybridized carbons (Fsp3) is 0.385. The van der Waals surface area contributed by atoms with Crippen LogP contribution in [0.15, 0.2) is 22.7 Å². The molecule has 1 aliphatic heterocycles. The molecule has 1 aromatic rings. The number of rotatable bonds is 3. The second-order valence-electron chi connectivity index (χ2n) is 4.63. The Morgan fingerprint density at radius 3 is 2.95 bits per heavy atom. The van der Waals surface area contributed by atoms with E-state index in [-0.39, 0.29) is 11.9 Å². The lowest BCUT2D eigenvalue weighted by Gasteiger charge is -2.22. The average Bonchev–Trinajstić information content (AvgIpc) is 2.75. The number of nitrogens with two attached hydrogens (primary N) is 1. The fourth-order valence-electron chi connectivity index (χ4n) is 2.40. The van der Waals surface area contributed by atoms with Crippen LogP contribution in [0.5, 0.6) is 0 Å². The molecule has 0 aromatic heterocycles. The lowest BCUT2D eigenvalue weighted by atomic mass is 10.1. The van der Waals surface area contributed by atoms with Crippen LogP contribution in [0.2, 0.25) is 0 Å². The van der Waals surface area contributed by atoms with Gasteiger partial charge in [0.25, 0.3) is 0 Å². The summed E-state index contributed by atoms with van der Waals surface area (Å²) in [6.45, 7) is 3.21. The molecule has 0 spiro atoms. The quantitative estimate of drug-likeness (QED) is 0.823. The summed E-state index contributed by atoms with van der Waals surface area (Å²) in [5.41, 5.74) is 7.69. The van der Waals surface area contributed by atoms with Gasteiger partial charge in [0.15, 0.2) is 0 Å². The van der Waals surface area contributed by atoms with E-state index in [2.05, 4.69) is 26.1 Å². The standard InChI is InChI=1S/C13H16BrN3OS/c1-8(18)16-9-5-6-17(7-9)11-4-2-3-10(14)12(11)13(15)19/h2-4,9H,5-7H2,1H3,(H2,15,19)(H,16,18). The highest BCUT2D eigenvalue weighted by Gasteiger charge is 2.25. The molecule has 1 aromatic carbocycles. The maximum Gasteiger partial charge on any atom is 0.217 e. The second kappa shape index (κ2) is 5.88. The minimum Gasteiger partial charge on any atom is -0.389 e. The van der Waals surface area contributed by atoms with Gasteiger partial charge in [-0.25, -0.2) is 0 Å². The van der Waals surface area contributed by atoms with Crippen molar-refractivity contribution in [2.45, 2.75) is 19.4 Å². The molecule has 102 valence electrons. The van der Waals surface area contributed by atoms with Crippen molar-refractivity contribution in [2.24, 2.45) is 5.73 Å². The molecule has 6 heteroatoms. The van der Waals surface area contributed by atoms with E-state index in [1.807, 2.05) is 18.2 Å². The first-order chi connectivity index (χ1) is 8.99. The number of halogens is 1. The van der Waals surface area contributed by atoms with Crippen LogP contribution >= 0.6 is 28.1 Å². The van der Waals surface area contributed by atoms with E-state index in [1.165, 1.54) is 0 Å². The normalized spacial score (nSPS) is 18.4. The predicted molar refractivity (Wildman–Crippen MR) is 84.5 cm³/mol. The summed E-state index contributed by atoms with van der Waals surface area (Å²) in [6, 6.07) is 6.09. The number of carbonyl (C=O) groups excluding carboxylic acids is 1. The van der Waals surface area contributed by atoms with Crippen LogP contribution < -0.4 is 16.0 Å². The molecule has 2 rings (SSSR count). The molecule has 3 N–H and O–H groups in total. The molecule has 1 aliphatic rings. The van der Waals surface area contributed by atoms with Crippen molar-refractivity contribution >= 4 is 44.7 Å². The number of thiocarbonyl (C=S) groups is 1. The van der Waals surface area contributed by atoms with E-state index < -0.39 is 0 Å². The van der Waals surface area contributed by atoms with Gasteiger partial charge in [-0.05, 0) is 34.5 Å². The summed E-state index contributed by atoms with van der Waals surface area (Å²) in [6.07, 6.45) is 0.933. The van der Waals surface area contributed by atoms with Gasteiger partial charge in [0, 0.05) is 41.8 Å². The van der Waals surface area contributed by atoms with Gasteiger partial charge in [-0.2, -0.15) is 0 Å². The van der Waals surface area contributed by atoms with E-state index in [4.69, 9.17) is 18.0 Å². The SMILES string of the molecule is CC(=O)NC1CCN(c2cccc(Br)c2C(N)=S)C1. The third-order valence-electron chi connectivity index (χ3n) is 3.17. The van der Waals surface area contributed by atoms with Crippen molar-refractivity contribution in [1.29, 1.82) is 0 Å². The van der Waals surface area contributed by atoms with Gasteiger partial charge in [-0.15, -0.1) is 0 Å². The minimum absolute atomic E-state index is 0.00987. The van der Waals surface area contributed by atoms with Crippen molar-refractivity contribution in [1.82, 2.24) is 5.32 Å². The maximum atomic E-state index is 11.1. The molecule has 1 amide bonds. The fourth-order valence-corrected chi connectivity index (χ4v) is 3.32. The van der Waals surface area contributed by atoms with E-state index >= 15 is 0 Å². The van der Waals surface area contributed by atoms with Crippen LogP contribution in [0.1, 0.15) is 18.9 Å². The number of amides is 1. The average molecular weight is 342 g/mol. The number of hydrogen-bond donors (Lipinski definition) is 2. The van der Waals surface area contributed by atoms with E-state index in [9.17, 15) is 4.79 Å². The lowest BCUT2D eigenvalue weighted by Crippen LogP contribution is -2.36. The molecule has 4 nitrogen and oxygen atoms in total. The smallest absolute Gasteiger partial charge is 0.217 e. The summed E-state index contributed by atoms with van der Waals surface area (Å²) in [7, 11) is 0.